The van der Waals surface area contributed by atoms with E-state index in [9.17, 15) is 4.79 Å². The van der Waals surface area contributed by atoms with Crippen molar-refractivity contribution in [2.45, 2.75) is 40.2 Å². The van der Waals surface area contributed by atoms with Crippen LogP contribution in [-0.2, 0) is 11.2 Å². The van der Waals surface area contributed by atoms with Crippen LogP contribution in [0.5, 0.6) is 0 Å². The van der Waals surface area contributed by atoms with Gasteiger partial charge in [0.2, 0.25) is 0 Å². The number of aromatic amines is 1. The normalized spacial score (nSPS) is 12.0. The molecule has 0 fully saturated rings. The highest BCUT2D eigenvalue weighted by Crippen LogP contribution is 2.27. The fourth-order valence-corrected chi connectivity index (χ4v) is 3.63. The maximum atomic E-state index is 12.9. The Morgan fingerprint density at radius 1 is 1.10 bits per heavy atom. The number of esters is 1. The van der Waals surface area contributed by atoms with Crippen molar-refractivity contribution in [3.63, 3.8) is 0 Å². The summed E-state index contributed by atoms with van der Waals surface area (Å²) in [5.74, 6) is -0.277. The van der Waals surface area contributed by atoms with Crippen LogP contribution in [0.25, 0.3) is 10.9 Å². The van der Waals surface area contributed by atoms with Gasteiger partial charge in [0.15, 0.2) is 0 Å². The van der Waals surface area contributed by atoms with Crippen LogP contribution < -0.4 is 0 Å². The van der Waals surface area contributed by atoms with Crippen LogP contribution in [0.2, 0.25) is 0 Å². The van der Waals surface area contributed by atoms with E-state index in [1.165, 1.54) is 5.56 Å². The van der Waals surface area contributed by atoms with Crippen molar-refractivity contribution < 1.29 is 9.53 Å². The molecule has 2 aromatic carbocycles. The van der Waals surface area contributed by atoms with Crippen LogP contribution in [0.15, 0.2) is 48.5 Å². The first kappa shape index (κ1) is 23.0. The third-order valence-corrected chi connectivity index (χ3v) is 5.42. The van der Waals surface area contributed by atoms with Crippen molar-refractivity contribution in [3.8, 4) is 0 Å². The van der Waals surface area contributed by atoms with E-state index in [4.69, 9.17) is 4.74 Å². The zero-order valence-corrected chi connectivity index (χ0v) is 18.5. The molecule has 0 bridgehead atoms. The predicted octanol–water partition coefficient (Wildman–Crippen LogP) is 5.70. The second-order valence-electron chi connectivity index (χ2n) is 7.24. The van der Waals surface area contributed by atoms with E-state index in [0.29, 0.717) is 5.56 Å². The number of rotatable bonds is 8. The molecule has 1 atom stereocenters. The maximum Gasteiger partial charge on any atom is 0.341 e. The van der Waals surface area contributed by atoms with Crippen molar-refractivity contribution >= 4 is 29.3 Å². The monoisotopic (exact) mass is 414 g/mol. The Hall–Kier alpha value is -2.30. The van der Waals surface area contributed by atoms with Gasteiger partial charge in [0.05, 0.1) is 5.56 Å². The number of halogens is 1. The van der Waals surface area contributed by atoms with Gasteiger partial charge in [0.1, 0.15) is 6.10 Å². The molecule has 0 unspecified atom stereocenters. The average molecular weight is 415 g/mol. The summed E-state index contributed by atoms with van der Waals surface area (Å²) in [6, 6.07) is 16.2. The van der Waals surface area contributed by atoms with E-state index in [0.717, 1.165) is 48.2 Å². The first-order valence-electron chi connectivity index (χ1n) is 10.1. The largest absolute Gasteiger partial charge is 0.454 e. The maximum absolute atomic E-state index is 12.9. The fourth-order valence-electron chi connectivity index (χ4n) is 3.63. The third kappa shape index (κ3) is 5.40. The van der Waals surface area contributed by atoms with Crippen LogP contribution in [0, 0.1) is 6.92 Å². The van der Waals surface area contributed by atoms with E-state index < -0.39 is 0 Å². The van der Waals surface area contributed by atoms with E-state index in [-0.39, 0.29) is 24.5 Å². The summed E-state index contributed by atoms with van der Waals surface area (Å²) < 4.78 is 5.78. The molecule has 0 spiro atoms. The van der Waals surface area contributed by atoms with Gasteiger partial charge in [-0.15, -0.1) is 12.4 Å². The Balaban J connectivity index is 0.00000300. The SMILES string of the molecule is CCN(CC)CCc1ccc2[nH]c(C)c(C(=O)O[C@@H](C)c3ccccc3)c2c1.Cl. The number of ether oxygens (including phenoxy) is 1. The molecule has 1 heterocycles. The first-order valence-corrected chi connectivity index (χ1v) is 10.1. The standard InChI is InChI=1S/C24H30N2O2.ClH/c1-5-26(6-2)15-14-19-12-13-22-21(16-19)23(17(3)25-22)24(27)28-18(4)20-10-8-7-9-11-20;/h7-13,16,18,25H,5-6,14-15H2,1-4H3;1H/t18-;/m0./s1. The van der Waals surface area contributed by atoms with Crippen LogP contribution in [-0.4, -0.2) is 35.5 Å². The lowest BCUT2D eigenvalue weighted by Gasteiger charge is -2.17. The van der Waals surface area contributed by atoms with Gasteiger partial charge in [-0.05, 0) is 56.6 Å². The number of nitrogens with zero attached hydrogens (tertiary/aromatic N) is 1. The second-order valence-corrected chi connectivity index (χ2v) is 7.24. The van der Waals surface area contributed by atoms with Gasteiger partial charge in [0.25, 0.3) is 0 Å². The Kier molecular flexibility index (Phi) is 8.30. The molecule has 0 saturated carbocycles. The number of benzene rings is 2. The highest BCUT2D eigenvalue weighted by atomic mass is 35.5. The van der Waals surface area contributed by atoms with Gasteiger partial charge in [0, 0.05) is 23.1 Å². The first-order chi connectivity index (χ1) is 13.5. The summed E-state index contributed by atoms with van der Waals surface area (Å²) in [6.45, 7) is 11.3. The van der Waals surface area contributed by atoms with Gasteiger partial charge in [-0.25, -0.2) is 4.79 Å². The van der Waals surface area contributed by atoms with Crippen molar-refractivity contribution in [1.82, 2.24) is 9.88 Å². The number of aromatic nitrogens is 1. The van der Waals surface area contributed by atoms with Crippen molar-refractivity contribution in [2.75, 3.05) is 19.6 Å². The zero-order chi connectivity index (χ0) is 20.1. The van der Waals surface area contributed by atoms with Gasteiger partial charge in [-0.1, -0.05) is 50.2 Å². The number of carbonyl (C=O) groups is 1. The van der Waals surface area contributed by atoms with Gasteiger partial charge in [-0.3, -0.25) is 0 Å². The van der Waals surface area contributed by atoms with Gasteiger partial charge >= 0.3 is 5.97 Å². The summed E-state index contributed by atoms with van der Waals surface area (Å²) in [4.78, 5) is 18.7. The molecule has 29 heavy (non-hydrogen) atoms. The molecule has 0 aliphatic rings. The Labute approximate surface area is 179 Å². The third-order valence-electron chi connectivity index (χ3n) is 5.42. The molecule has 1 N–H and O–H groups in total. The minimum absolute atomic E-state index is 0. The highest BCUT2D eigenvalue weighted by molar-refractivity contribution is 6.05. The topological polar surface area (TPSA) is 45.3 Å². The Morgan fingerprint density at radius 2 is 1.79 bits per heavy atom. The second kappa shape index (κ2) is 10.5. The lowest BCUT2D eigenvalue weighted by atomic mass is 10.1. The number of H-pyrrole nitrogens is 1. The molecule has 0 aliphatic carbocycles. The summed E-state index contributed by atoms with van der Waals surface area (Å²) >= 11 is 0. The highest BCUT2D eigenvalue weighted by Gasteiger charge is 2.20. The number of hydrogen-bond acceptors (Lipinski definition) is 3. The molecule has 0 aliphatic heterocycles. The summed E-state index contributed by atoms with van der Waals surface area (Å²) in [6.07, 6.45) is 0.681. The molecular weight excluding hydrogens is 384 g/mol. The van der Waals surface area contributed by atoms with Crippen molar-refractivity contribution in [3.05, 3.63) is 70.9 Å². The number of aryl methyl sites for hydroxylation is 1. The quantitative estimate of drug-likeness (QED) is 0.481. The smallest absolute Gasteiger partial charge is 0.341 e. The fraction of sp³-hybridized carbons (Fsp3) is 0.375. The minimum Gasteiger partial charge on any atom is -0.454 e. The molecule has 0 radical (unpaired) electrons. The lowest BCUT2D eigenvalue weighted by molar-refractivity contribution is 0.0339. The number of fused-ring (bicyclic) bond motifs is 1. The van der Waals surface area contributed by atoms with Crippen molar-refractivity contribution in [1.29, 1.82) is 0 Å². The van der Waals surface area contributed by atoms with E-state index >= 15 is 0 Å². The molecule has 4 nitrogen and oxygen atoms in total. The lowest BCUT2D eigenvalue weighted by Crippen LogP contribution is -2.25. The van der Waals surface area contributed by atoms with E-state index in [1.54, 1.807) is 0 Å². The Morgan fingerprint density at radius 3 is 2.45 bits per heavy atom. The molecule has 0 saturated heterocycles. The molecule has 3 rings (SSSR count). The van der Waals surface area contributed by atoms with Crippen LogP contribution in [0.1, 0.15) is 54.1 Å². The number of likely N-dealkylation sites (N-methyl/N-ethyl adjacent to an activating group) is 1. The predicted molar refractivity (Wildman–Crippen MR) is 122 cm³/mol. The van der Waals surface area contributed by atoms with Crippen LogP contribution in [0.4, 0.5) is 0 Å². The summed E-state index contributed by atoms with van der Waals surface area (Å²) in [7, 11) is 0. The van der Waals surface area contributed by atoms with Crippen LogP contribution >= 0.6 is 12.4 Å². The zero-order valence-electron chi connectivity index (χ0n) is 17.7. The number of nitrogens with one attached hydrogen (secondary N) is 1. The minimum atomic E-state index is -0.288. The number of hydrogen-bond donors (Lipinski definition) is 1. The molecule has 1 aromatic heterocycles. The van der Waals surface area contributed by atoms with Crippen LogP contribution in [0.3, 0.4) is 0 Å². The Bertz CT molecular complexity index is 933. The number of carbonyl (C=O) groups excluding carboxylic acids is 1. The molecule has 0 amide bonds. The van der Waals surface area contributed by atoms with Crippen molar-refractivity contribution in [2.24, 2.45) is 0 Å². The van der Waals surface area contributed by atoms with Gasteiger partial charge in [-0.2, -0.15) is 0 Å². The van der Waals surface area contributed by atoms with E-state index in [1.807, 2.05) is 44.2 Å². The molecule has 3 aromatic rings. The average Bonchev–Trinajstić information content (AvgIpc) is 3.04. The summed E-state index contributed by atoms with van der Waals surface area (Å²) in [5.41, 5.74) is 4.70. The molecule has 5 heteroatoms. The van der Waals surface area contributed by atoms with Gasteiger partial charge < -0.3 is 14.6 Å². The summed E-state index contributed by atoms with van der Waals surface area (Å²) in [5, 5.41) is 0.944. The van der Waals surface area contributed by atoms with E-state index in [2.05, 4.69) is 41.9 Å². The molecular formula is C24H31ClN2O2. The molecule has 156 valence electrons.